The Kier molecular flexibility index (Phi) is 2.96. The Balaban J connectivity index is 1.82. The molecule has 10 heteroatoms. The van der Waals surface area contributed by atoms with E-state index in [1.807, 2.05) is 0 Å². The van der Waals surface area contributed by atoms with E-state index >= 15 is 0 Å². The highest BCUT2D eigenvalue weighted by Crippen LogP contribution is 2.29. The predicted molar refractivity (Wildman–Crippen MR) is 99.9 cm³/mol. The summed E-state index contributed by atoms with van der Waals surface area (Å²) in [5.41, 5.74) is -3.76. The van der Waals surface area contributed by atoms with Crippen molar-refractivity contribution in [1.29, 1.82) is 0 Å². The molecule has 2 aliphatic rings. The van der Waals surface area contributed by atoms with Crippen molar-refractivity contribution >= 4 is 11.8 Å². The van der Waals surface area contributed by atoms with Gasteiger partial charge in [-0.05, 0) is 19.3 Å². The number of fused-ring (bicyclic) bond motifs is 2. The van der Waals surface area contributed by atoms with Gasteiger partial charge in [-0.25, -0.2) is 8.78 Å². The van der Waals surface area contributed by atoms with Gasteiger partial charge < -0.3 is 24.6 Å². The Labute approximate surface area is 182 Å². The third-order valence-electron chi connectivity index (χ3n) is 4.47. The van der Waals surface area contributed by atoms with Crippen molar-refractivity contribution < 1.29 is 40.6 Å². The summed E-state index contributed by atoms with van der Waals surface area (Å²) in [5, 5.41) is 12.7. The number of carbonyl (C=O) groups is 2. The van der Waals surface area contributed by atoms with E-state index < -0.39 is 91.0 Å². The first-order valence-electron chi connectivity index (χ1n) is 12.9. The van der Waals surface area contributed by atoms with E-state index in [4.69, 9.17) is 17.1 Å². The number of benzene rings is 1. The fourth-order valence-corrected chi connectivity index (χ4v) is 2.97. The van der Waals surface area contributed by atoms with Crippen molar-refractivity contribution in [3.63, 3.8) is 0 Å². The molecule has 3 heterocycles. The Morgan fingerprint density at radius 3 is 2.97 bits per heavy atom. The lowest BCUT2D eigenvalue weighted by atomic mass is 10.1. The van der Waals surface area contributed by atoms with Crippen LogP contribution in [-0.4, -0.2) is 45.2 Å². The minimum absolute atomic E-state index is 0.0832. The number of pyridine rings is 1. The zero-order valence-electron chi connectivity index (χ0n) is 23.9. The van der Waals surface area contributed by atoms with E-state index in [-0.39, 0.29) is 15.0 Å². The molecule has 4 rings (SSSR count). The second kappa shape index (κ2) is 7.52. The molecule has 2 aromatic rings. The largest absolute Gasteiger partial charge is 0.503 e. The molecule has 1 saturated heterocycles. The number of hydrogen-bond donors (Lipinski definition) is 2. The molecule has 2 N–H and O–H groups in total. The molecule has 0 unspecified atom stereocenters. The highest BCUT2D eigenvalue weighted by Gasteiger charge is 2.41. The van der Waals surface area contributed by atoms with Crippen LogP contribution in [0.1, 0.15) is 52.0 Å². The maximum atomic E-state index is 13.9. The molecule has 158 valence electrons. The number of aromatic hydroxyl groups is 1. The molecule has 2 atom stereocenters. The molecule has 30 heavy (non-hydrogen) atoms. The van der Waals surface area contributed by atoms with Crippen molar-refractivity contribution in [2.75, 3.05) is 6.56 Å². The topological polar surface area (TPSA) is 101 Å². The van der Waals surface area contributed by atoms with E-state index in [2.05, 4.69) is 5.32 Å². The van der Waals surface area contributed by atoms with Crippen LogP contribution in [0.25, 0.3) is 0 Å². The monoisotopic (exact) mass is 428 g/mol. The number of rotatable bonds is 3. The van der Waals surface area contributed by atoms with E-state index in [0.29, 0.717) is 12.3 Å². The van der Waals surface area contributed by atoms with Gasteiger partial charge in [0.1, 0.15) is 17.2 Å². The minimum atomic E-state index is -3.43. The molecule has 0 spiro atoms. The SMILES string of the molecule is [2H]C([2H])([2H])[C@H]1N2C(=O)c3c(O)c(=O)c(C(=O)NCc4ccc(F)cc4F)cn3C([2H])([2H])[C@@H]2OC([2H])([2H])C1([2H])[2H]. The van der Waals surface area contributed by atoms with Crippen LogP contribution in [0, 0.1) is 11.6 Å². The molecule has 1 aromatic carbocycles. The third kappa shape index (κ3) is 3.32. The van der Waals surface area contributed by atoms with E-state index in [9.17, 15) is 28.3 Å². The summed E-state index contributed by atoms with van der Waals surface area (Å²) in [5.74, 6) is -6.23. The smallest absolute Gasteiger partial charge is 0.276 e. The summed E-state index contributed by atoms with van der Waals surface area (Å²) in [6, 6.07) is -0.140. The molecular weight excluding hydrogens is 400 g/mol. The lowest BCUT2D eigenvalue weighted by Crippen LogP contribution is -2.57. The van der Waals surface area contributed by atoms with Gasteiger partial charge in [-0.3, -0.25) is 14.4 Å². The van der Waals surface area contributed by atoms with Gasteiger partial charge in [0.2, 0.25) is 5.43 Å². The summed E-state index contributed by atoms with van der Waals surface area (Å²) in [7, 11) is 0. The number of ether oxygens (including phenoxy) is 1. The van der Waals surface area contributed by atoms with E-state index in [1.54, 1.807) is 0 Å². The average molecular weight is 428 g/mol. The number of carbonyl (C=O) groups excluding carboxylic acids is 2. The quantitative estimate of drug-likeness (QED) is 0.769. The summed E-state index contributed by atoms with van der Waals surface area (Å²) in [6.45, 7) is -10.6. The molecule has 8 nitrogen and oxygen atoms in total. The van der Waals surface area contributed by atoms with Gasteiger partial charge in [-0.2, -0.15) is 0 Å². The average Bonchev–Trinajstić information content (AvgIpc) is 2.78. The van der Waals surface area contributed by atoms with Crippen LogP contribution < -0.4 is 10.7 Å². The summed E-state index contributed by atoms with van der Waals surface area (Å²) in [6.07, 6.45) is -5.32. The van der Waals surface area contributed by atoms with Crippen LogP contribution in [-0.2, 0) is 17.8 Å². The van der Waals surface area contributed by atoms with Crippen LogP contribution in [0.2, 0.25) is 0 Å². The zero-order chi connectivity index (χ0) is 29.5. The van der Waals surface area contributed by atoms with Crippen LogP contribution in [0.3, 0.4) is 0 Å². The first-order valence-corrected chi connectivity index (χ1v) is 8.45. The first-order chi connectivity index (χ1) is 17.7. The minimum Gasteiger partial charge on any atom is -0.503 e. The Hall–Kier alpha value is -3.27. The Morgan fingerprint density at radius 1 is 1.43 bits per heavy atom. The van der Waals surface area contributed by atoms with Crippen LogP contribution in [0.4, 0.5) is 8.78 Å². The van der Waals surface area contributed by atoms with Gasteiger partial charge in [-0.15, -0.1) is 0 Å². The molecule has 0 saturated carbocycles. The maximum Gasteiger partial charge on any atom is 0.276 e. The number of nitrogens with one attached hydrogen (secondary N) is 1. The van der Waals surface area contributed by atoms with Gasteiger partial charge in [0.15, 0.2) is 17.7 Å². The molecule has 0 bridgehead atoms. The van der Waals surface area contributed by atoms with E-state index in [1.165, 1.54) is 0 Å². The van der Waals surface area contributed by atoms with Crippen molar-refractivity contribution in [2.24, 2.45) is 0 Å². The van der Waals surface area contributed by atoms with Crippen LogP contribution in [0.5, 0.6) is 5.75 Å². The van der Waals surface area contributed by atoms with Crippen molar-refractivity contribution in [3.05, 3.63) is 63.1 Å². The fraction of sp³-hybridized carbons (Fsp3) is 0.350. The van der Waals surface area contributed by atoms with Crippen molar-refractivity contribution in [2.45, 2.75) is 38.5 Å². The second-order valence-corrected chi connectivity index (χ2v) is 6.32. The highest BCUT2D eigenvalue weighted by molar-refractivity contribution is 5.99. The summed E-state index contributed by atoms with van der Waals surface area (Å²) >= 11 is 0. The van der Waals surface area contributed by atoms with Crippen molar-refractivity contribution in [1.82, 2.24) is 14.8 Å². The molecule has 0 aliphatic carbocycles. The molecule has 0 radical (unpaired) electrons. The van der Waals surface area contributed by atoms with Gasteiger partial charge in [0.05, 0.1) is 18.5 Å². The Bertz CT molecular complexity index is 1450. The number of hydrogen-bond acceptors (Lipinski definition) is 5. The molecule has 1 fully saturated rings. The number of amides is 2. The number of halogens is 2. The van der Waals surface area contributed by atoms with Gasteiger partial charge in [0.25, 0.3) is 11.8 Å². The maximum absolute atomic E-state index is 13.9. The highest BCUT2D eigenvalue weighted by atomic mass is 19.1. The first kappa shape index (κ1) is 11.8. The van der Waals surface area contributed by atoms with Gasteiger partial charge in [0, 0.05) is 37.3 Å². The number of nitrogens with zero attached hydrogens (tertiary/aromatic N) is 2. The molecule has 1 aromatic heterocycles. The molecule has 2 aliphatic heterocycles. The Morgan fingerprint density at radius 2 is 2.23 bits per heavy atom. The lowest BCUT2D eigenvalue weighted by molar-refractivity contribution is -0.112. The predicted octanol–water partition coefficient (Wildman–Crippen LogP) is 1.35. The zero-order valence-corrected chi connectivity index (χ0v) is 14.9. The number of aromatic nitrogens is 1. The summed E-state index contributed by atoms with van der Waals surface area (Å²) < 4.78 is 104. The third-order valence-corrected chi connectivity index (χ3v) is 4.47. The molecular formula is C20H19F2N3O5. The normalized spacial score (nSPS) is 30.4. The van der Waals surface area contributed by atoms with Crippen molar-refractivity contribution in [3.8, 4) is 5.75 Å². The lowest BCUT2D eigenvalue weighted by Gasteiger charge is -2.44. The molecule has 2 amide bonds. The van der Waals surface area contributed by atoms with Gasteiger partial charge >= 0.3 is 0 Å². The van der Waals surface area contributed by atoms with Gasteiger partial charge in [-0.1, -0.05) is 6.07 Å². The fourth-order valence-electron chi connectivity index (χ4n) is 2.97. The van der Waals surface area contributed by atoms with Crippen LogP contribution >= 0.6 is 0 Å². The standard InChI is InChI=1S/C20H19F2N3O5/c1-10-4-5-30-15-9-24-8-13(17(26)18(27)16(24)20(29)25(10)15)19(28)23-7-11-2-3-12(21)6-14(11)22/h2-3,6,8,10,15,27H,4-5,7,9H2,1H3,(H,23,28)/t10-,15+/m1/s1/i1D3,4D2,5D2,9D2. The van der Waals surface area contributed by atoms with E-state index in [0.717, 1.165) is 12.1 Å². The summed E-state index contributed by atoms with van der Waals surface area (Å²) in [4.78, 5) is 39.0. The van der Waals surface area contributed by atoms with Crippen LogP contribution in [0.15, 0.2) is 29.2 Å². The second-order valence-electron chi connectivity index (χ2n) is 6.32.